The zero-order chi connectivity index (χ0) is 15.8. The third-order valence-corrected chi connectivity index (χ3v) is 3.25. The standard InChI is InChI=1S/C15H16BrNO4/c1-3-4-5-21-14-12(16)7-10(8-13(14)20-2)6-11(9-17)15(18)19/h6-8H,3-5H2,1-2H3,(H,18,19). The molecular weight excluding hydrogens is 338 g/mol. The van der Waals surface area contributed by atoms with Crippen molar-refractivity contribution in [3.05, 3.63) is 27.7 Å². The number of carboxylic acids is 1. The molecule has 1 aromatic carbocycles. The van der Waals surface area contributed by atoms with Crippen LogP contribution in [0.1, 0.15) is 25.3 Å². The molecule has 0 aliphatic heterocycles. The lowest BCUT2D eigenvalue weighted by atomic mass is 10.1. The lowest BCUT2D eigenvalue weighted by Gasteiger charge is -2.13. The number of carboxylic acid groups (broad SMARTS) is 1. The number of unbranched alkanes of at least 4 members (excludes halogenated alkanes) is 1. The maximum atomic E-state index is 10.9. The highest BCUT2D eigenvalue weighted by Crippen LogP contribution is 2.37. The van der Waals surface area contributed by atoms with Crippen LogP contribution in [0.5, 0.6) is 11.5 Å². The average Bonchev–Trinajstić information content (AvgIpc) is 2.46. The maximum absolute atomic E-state index is 10.9. The average molecular weight is 354 g/mol. The molecule has 0 saturated carbocycles. The van der Waals surface area contributed by atoms with Crippen LogP contribution < -0.4 is 9.47 Å². The first-order valence-electron chi connectivity index (χ1n) is 6.38. The fourth-order valence-corrected chi connectivity index (χ4v) is 2.16. The Hall–Kier alpha value is -2.00. The molecule has 1 N–H and O–H groups in total. The number of nitriles is 1. The number of nitrogens with zero attached hydrogens (tertiary/aromatic N) is 1. The molecule has 0 atom stereocenters. The van der Waals surface area contributed by atoms with Crippen LogP contribution in [0.4, 0.5) is 0 Å². The van der Waals surface area contributed by atoms with Crippen molar-refractivity contribution in [1.29, 1.82) is 5.26 Å². The Balaban J connectivity index is 3.15. The summed E-state index contributed by atoms with van der Waals surface area (Å²) in [6.45, 7) is 2.64. The summed E-state index contributed by atoms with van der Waals surface area (Å²) in [6, 6.07) is 4.95. The van der Waals surface area contributed by atoms with Crippen LogP contribution in [0.15, 0.2) is 22.2 Å². The lowest BCUT2D eigenvalue weighted by molar-refractivity contribution is -0.132. The van der Waals surface area contributed by atoms with E-state index in [-0.39, 0.29) is 5.57 Å². The first-order valence-corrected chi connectivity index (χ1v) is 7.18. The number of hydrogen-bond acceptors (Lipinski definition) is 4. The lowest BCUT2D eigenvalue weighted by Crippen LogP contribution is -2.01. The molecule has 0 fully saturated rings. The van der Waals surface area contributed by atoms with Gasteiger partial charge in [0.1, 0.15) is 11.6 Å². The van der Waals surface area contributed by atoms with E-state index in [0.717, 1.165) is 12.8 Å². The highest BCUT2D eigenvalue weighted by Gasteiger charge is 2.13. The van der Waals surface area contributed by atoms with E-state index in [0.29, 0.717) is 28.1 Å². The predicted octanol–water partition coefficient (Wildman–Crippen LogP) is 3.63. The molecule has 0 amide bonds. The van der Waals surface area contributed by atoms with Gasteiger partial charge in [0.2, 0.25) is 0 Å². The first-order chi connectivity index (χ1) is 10.0. The molecule has 1 rings (SSSR count). The third-order valence-electron chi connectivity index (χ3n) is 2.66. The van der Waals surface area contributed by atoms with Gasteiger partial charge in [0.05, 0.1) is 18.2 Å². The minimum Gasteiger partial charge on any atom is -0.493 e. The molecule has 0 spiro atoms. The summed E-state index contributed by atoms with van der Waals surface area (Å²) in [4.78, 5) is 10.9. The van der Waals surface area contributed by atoms with Gasteiger partial charge >= 0.3 is 5.97 Å². The molecular formula is C15H16BrNO4. The van der Waals surface area contributed by atoms with Gasteiger partial charge in [0.25, 0.3) is 0 Å². The third kappa shape index (κ3) is 4.80. The van der Waals surface area contributed by atoms with E-state index >= 15 is 0 Å². The molecule has 1 aromatic rings. The van der Waals surface area contributed by atoms with Crippen molar-refractivity contribution in [3.63, 3.8) is 0 Å². The van der Waals surface area contributed by atoms with Gasteiger partial charge in [-0.15, -0.1) is 0 Å². The molecule has 0 aliphatic carbocycles. The van der Waals surface area contributed by atoms with Gasteiger partial charge in [-0.1, -0.05) is 13.3 Å². The zero-order valence-corrected chi connectivity index (χ0v) is 13.4. The molecule has 0 bridgehead atoms. The molecule has 6 heteroatoms. The number of rotatable bonds is 7. The topological polar surface area (TPSA) is 79.5 Å². The van der Waals surface area contributed by atoms with Crippen LogP contribution in [0.2, 0.25) is 0 Å². The Morgan fingerprint density at radius 3 is 2.76 bits per heavy atom. The molecule has 0 saturated heterocycles. The van der Waals surface area contributed by atoms with E-state index in [1.54, 1.807) is 18.2 Å². The number of halogens is 1. The zero-order valence-electron chi connectivity index (χ0n) is 11.9. The summed E-state index contributed by atoms with van der Waals surface area (Å²) in [5, 5.41) is 17.7. The highest BCUT2D eigenvalue weighted by atomic mass is 79.9. The van der Waals surface area contributed by atoms with Crippen LogP contribution in [0.25, 0.3) is 6.08 Å². The Morgan fingerprint density at radius 1 is 1.52 bits per heavy atom. The number of carbonyl (C=O) groups is 1. The van der Waals surface area contributed by atoms with Crippen LogP contribution >= 0.6 is 15.9 Å². The van der Waals surface area contributed by atoms with Gasteiger partial charge in [-0.25, -0.2) is 4.79 Å². The van der Waals surface area contributed by atoms with Gasteiger partial charge in [0, 0.05) is 0 Å². The van der Waals surface area contributed by atoms with E-state index in [9.17, 15) is 4.79 Å². The van der Waals surface area contributed by atoms with Gasteiger partial charge in [-0.2, -0.15) is 5.26 Å². The molecule has 0 heterocycles. The maximum Gasteiger partial charge on any atom is 0.346 e. The SMILES string of the molecule is CCCCOc1c(Br)cc(C=C(C#N)C(=O)O)cc1OC. The quantitative estimate of drug-likeness (QED) is 0.460. The van der Waals surface area contributed by atoms with Gasteiger partial charge in [-0.3, -0.25) is 0 Å². The normalized spacial score (nSPS) is 10.9. The molecule has 0 aromatic heterocycles. The Morgan fingerprint density at radius 2 is 2.24 bits per heavy atom. The van der Waals surface area contributed by atoms with E-state index in [4.69, 9.17) is 19.8 Å². The number of methoxy groups -OCH3 is 1. The highest BCUT2D eigenvalue weighted by molar-refractivity contribution is 9.10. The van der Waals surface area contributed by atoms with Crippen molar-refractivity contribution in [2.45, 2.75) is 19.8 Å². The van der Waals surface area contributed by atoms with Crippen molar-refractivity contribution in [2.24, 2.45) is 0 Å². The van der Waals surface area contributed by atoms with Crippen molar-refractivity contribution < 1.29 is 19.4 Å². The molecule has 0 radical (unpaired) electrons. The molecule has 112 valence electrons. The second kappa shape index (κ2) is 8.32. The molecule has 0 aliphatic rings. The second-order valence-corrected chi connectivity index (χ2v) is 5.07. The Bertz CT molecular complexity index is 590. The van der Waals surface area contributed by atoms with Crippen molar-refractivity contribution in [1.82, 2.24) is 0 Å². The van der Waals surface area contributed by atoms with Crippen LogP contribution in [-0.2, 0) is 4.79 Å². The van der Waals surface area contributed by atoms with Crippen LogP contribution in [-0.4, -0.2) is 24.8 Å². The van der Waals surface area contributed by atoms with Gasteiger partial charge in [0.15, 0.2) is 11.5 Å². The van der Waals surface area contributed by atoms with Gasteiger partial charge in [-0.05, 0) is 46.1 Å². The second-order valence-electron chi connectivity index (χ2n) is 4.21. The monoisotopic (exact) mass is 353 g/mol. The summed E-state index contributed by atoms with van der Waals surface area (Å²) in [7, 11) is 1.50. The summed E-state index contributed by atoms with van der Waals surface area (Å²) in [5.41, 5.74) is 0.198. The summed E-state index contributed by atoms with van der Waals surface area (Å²) in [6.07, 6.45) is 3.23. The van der Waals surface area contributed by atoms with E-state index < -0.39 is 5.97 Å². The fourth-order valence-electron chi connectivity index (χ4n) is 1.59. The smallest absolute Gasteiger partial charge is 0.346 e. The van der Waals surface area contributed by atoms with Crippen LogP contribution in [0.3, 0.4) is 0 Å². The van der Waals surface area contributed by atoms with E-state index in [2.05, 4.69) is 22.9 Å². The summed E-state index contributed by atoms with van der Waals surface area (Å²) >= 11 is 3.38. The summed E-state index contributed by atoms with van der Waals surface area (Å²) < 4.78 is 11.6. The molecule has 5 nitrogen and oxygen atoms in total. The van der Waals surface area contributed by atoms with Crippen molar-refractivity contribution in [2.75, 3.05) is 13.7 Å². The number of hydrogen-bond donors (Lipinski definition) is 1. The summed E-state index contributed by atoms with van der Waals surface area (Å²) in [5.74, 6) is -0.220. The molecule has 21 heavy (non-hydrogen) atoms. The van der Waals surface area contributed by atoms with E-state index in [1.165, 1.54) is 13.2 Å². The number of benzene rings is 1. The predicted molar refractivity (Wildman–Crippen MR) is 82.3 cm³/mol. The largest absolute Gasteiger partial charge is 0.493 e. The fraction of sp³-hybridized carbons (Fsp3) is 0.333. The minimum atomic E-state index is -1.27. The minimum absolute atomic E-state index is 0.344. The van der Waals surface area contributed by atoms with E-state index in [1.807, 2.05) is 0 Å². The Kier molecular flexibility index (Phi) is 6.76. The Labute approximate surface area is 131 Å². The van der Waals surface area contributed by atoms with Crippen molar-refractivity contribution >= 4 is 28.0 Å². The van der Waals surface area contributed by atoms with Crippen molar-refractivity contribution in [3.8, 4) is 17.6 Å². The van der Waals surface area contributed by atoms with Gasteiger partial charge < -0.3 is 14.6 Å². The number of ether oxygens (including phenoxy) is 2. The molecule has 0 unspecified atom stereocenters. The number of aliphatic carboxylic acids is 1. The van der Waals surface area contributed by atoms with Crippen LogP contribution in [0, 0.1) is 11.3 Å². The first kappa shape index (κ1) is 17.1.